The zero-order valence-corrected chi connectivity index (χ0v) is 11.2. The van der Waals surface area contributed by atoms with Crippen LogP contribution in [0.1, 0.15) is 40.5 Å². The van der Waals surface area contributed by atoms with E-state index < -0.39 is 0 Å². The van der Waals surface area contributed by atoms with Gasteiger partial charge in [-0.15, -0.1) is 0 Å². The van der Waals surface area contributed by atoms with Gasteiger partial charge >= 0.3 is 0 Å². The first-order valence-electron chi connectivity index (χ1n) is 6.29. The number of nitrogens with zero attached hydrogens (tertiary/aromatic N) is 4. The Morgan fingerprint density at radius 3 is 1.88 bits per heavy atom. The first-order valence-corrected chi connectivity index (χ1v) is 6.29. The monoisotopic (exact) mass is 226 g/mol. The molecule has 0 spiro atoms. The average molecular weight is 226 g/mol. The van der Waals surface area contributed by atoms with E-state index in [2.05, 4.69) is 42.6 Å². The van der Waals surface area contributed by atoms with Crippen molar-refractivity contribution in [3.05, 3.63) is 10.4 Å². The van der Waals surface area contributed by atoms with E-state index >= 15 is 0 Å². The van der Waals surface area contributed by atoms with Crippen molar-refractivity contribution in [2.24, 2.45) is 17.0 Å². The van der Waals surface area contributed by atoms with Crippen LogP contribution in [0.5, 0.6) is 0 Å². The molecule has 0 unspecified atom stereocenters. The summed E-state index contributed by atoms with van der Waals surface area (Å²) in [5.41, 5.74) is 8.26. The van der Waals surface area contributed by atoms with Gasteiger partial charge in [0.1, 0.15) is 0 Å². The molecule has 0 aliphatic carbocycles. The molecule has 4 heteroatoms. The third-order valence-electron chi connectivity index (χ3n) is 2.62. The van der Waals surface area contributed by atoms with Gasteiger partial charge in [0, 0.05) is 18.0 Å². The van der Waals surface area contributed by atoms with Gasteiger partial charge < -0.3 is 4.90 Å². The molecule has 0 amide bonds. The van der Waals surface area contributed by atoms with Crippen molar-refractivity contribution in [1.29, 1.82) is 0 Å². The minimum atomic E-state index is 0.590. The number of azide groups is 1. The summed E-state index contributed by atoms with van der Waals surface area (Å²) < 4.78 is 0. The van der Waals surface area contributed by atoms with E-state index in [-0.39, 0.29) is 0 Å². The van der Waals surface area contributed by atoms with Crippen molar-refractivity contribution in [2.45, 2.75) is 40.5 Å². The highest BCUT2D eigenvalue weighted by molar-refractivity contribution is 4.63. The lowest BCUT2D eigenvalue weighted by molar-refractivity contribution is 0.249. The Morgan fingerprint density at radius 2 is 1.50 bits per heavy atom. The van der Waals surface area contributed by atoms with Crippen LogP contribution >= 0.6 is 0 Å². The van der Waals surface area contributed by atoms with Gasteiger partial charge in [0.2, 0.25) is 0 Å². The smallest absolute Gasteiger partial charge is 0.0385 e. The molecule has 0 aliphatic rings. The Labute approximate surface area is 99.6 Å². The van der Waals surface area contributed by atoms with Crippen LogP contribution in [-0.4, -0.2) is 31.1 Å². The fourth-order valence-electron chi connectivity index (χ4n) is 1.45. The molecule has 16 heavy (non-hydrogen) atoms. The maximum Gasteiger partial charge on any atom is 0.0385 e. The highest BCUT2D eigenvalue weighted by Gasteiger charge is 2.06. The molecule has 0 aromatic heterocycles. The van der Waals surface area contributed by atoms with Crippen LogP contribution in [0.2, 0.25) is 0 Å². The second-order valence-corrected chi connectivity index (χ2v) is 5.16. The minimum absolute atomic E-state index is 0.590. The third-order valence-corrected chi connectivity index (χ3v) is 2.62. The van der Waals surface area contributed by atoms with Crippen molar-refractivity contribution >= 4 is 0 Å². The molecular weight excluding hydrogens is 200 g/mol. The quantitative estimate of drug-likeness (QED) is 0.336. The summed E-state index contributed by atoms with van der Waals surface area (Å²) in [6.07, 6.45) is 2.43. The summed E-state index contributed by atoms with van der Waals surface area (Å²) in [7, 11) is 0. The number of hydrogen-bond donors (Lipinski definition) is 0. The normalized spacial score (nSPS) is 11.2. The molecule has 0 N–H and O–H groups in total. The zero-order valence-electron chi connectivity index (χ0n) is 11.2. The van der Waals surface area contributed by atoms with Crippen LogP contribution in [-0.2, 0) is 0 Å². The van der Waals surface area contributed by atoms with E-state index in [1.807, 2.05) is 0 Å². The minimum Gasteiger partial charge on any atom is -0.303 e. The molecular formula is C12H26N4. The van der Waals surface area contributed by atoms with Crippen molar-refractivity contribution in [3.63, 3.8) is 0 Å². The van der Waals surface area contributed by atoms with Gasteiger partial charge in [-0.3, -0.25) is 0 Å². The van der Waals surface area contributed by atoms with Crippen molar-refractivity contribution in [3.8, 4) is 0 Å². The summed E-state index contributed by atoms with van der Waals surface area (Å²) >= 11 is 0. The molecule has 0 fully saturated rings. The molecule has 0 bridgehead atoms. The first kappa shape index (κ1) is 15.3. The molecule has 0 rings (SSSR count). The summed E-state index contributed by atoms with van der Waals surface area (Å²) in [5, 5.41) is 3.60. The lowest BCUT2D eigenvalue weighted by Gasteiger charge is -2.23. The third kappa shape index (κ3) is 9.81. The Balaban J connectivity index is 3.89. The van der Waals surface area contributed by atoms with Gasteiger partial charge in [0.25, 0.3) is 0 Å². The Kier molecular flexibility index (Phi) is 9.06. The van der Waals surface area contributed by atoms with Crippen molar-refractivity contribution in [1.82, 2.24) is 4.90 Å². The highest BCUT2D eigenvalue weighted by atomic mass is 15.2. The SMILES string of the molecule is CC(C)CCN(CCN=[N+]=[N-])CCC(C)C. The van der Waals surface area contributed by atoms with E-state index in [4.69, 9.17) is 5.53 Å². The van der Waals surface area contributed by atoms with Crippen LogP contribution in [0, 0.1) is 11.8 Å². The zero-order chi connectivity index (χ0) is 12.4. The predicted octanol–water partition coefficient (Wildman–Crippen LogP) is 3.69. The van der Waals surface area contributed by atoms with Crippen LogP contribution < -0.4 is 0 Å². The highest BCUT2D eigenvalue weighted by Crippen LogP contribution is 2.06. The molecule has 4 nitrogen and oxygen atoms in total. The van der Waals surface area contributed by atoms with Crippen molar-refractivity contribution in [2.75, 3.05) is 26.2 Å². The molecule has 0 aromatic carbocycles. The molecule has 94 valence electrons. The fourth-order valence-corrected chi connectivity index (χ4v) is 1.45. The van der Waals surface area contributed by atoms with Crippen LogP contribution in [0.25, 0.3) is 10.4 Å². The summed E-state index contributed by atoms with van der Waals surface area (Å²) in [6.45, 7) is 12.7. The molecule has 0 heterocycles. The number of rotatable bonds is 9. The largest absolute Gasteiger partial charge is 0.303 e. The summed E-state index contributed by atoms with van der Waals surface area (Å²) in [4.78, 5) is 5.21. The molecule has 0 saturated carbocycles. The predicted molar refractivity (Wildman–Crippen MR) is 69.4 cm³/mol. The lowest BCUT2D eigenvalue weighted by Crippen LogP contribution is -2.30. The van der Waals surface area contributed by atoms with Gasteiger partial charge in [-0.25, -0.2) is 0 Å². The van der Waals surface area contributed by atoms with Gasteiger partial charge in [-0.05, 0) is 43.3 Å². The maximum absolute atomic E-state index is 8.26. The van der Waals surface area contributed by atoms with Gasteiger partial charge in [0.15, 0.2) is 0 Å². The fraction of sp³-hybridized carbons (Fsp3) is 1.00. The van der Waals surface area contributed by atoms with Gasteiger partial charge in [-0.1, -0.05) is 32.8 Å². The van der Waals surface area contributed by atoms with E-state index in [1.54, 1.807) is 0 Å². The maximum atomic E-state index is 8.26. The lowest BCUT2D eigenvalue weighted by atomic mass is 10.1. The average Bonchev–Trinajstić information content (AvgIpc) is 2.21. The van der Waals surface area contributed by atoms with Crippen LogP contribution in [0.3, 0.4) is 0 Å². The first-order chi connectivity index (χ1) is 7.56. The van der Waals surface area contributed by atoms with Crippen LogP contribution in [0.15, 0.2) is 5.11 Å². The molecule has 0 aliphatic heterocycles. The summed E-state index contributed by atoms with van der Waals surface area (Å²) in [6, 6.07) is 0. The van der Waals surface area contributed by atoms with E-state index in [0.717, 1.165) is 31.5 Å². The standard InChI is InChI=1S/C12H26N4/c1-11(2)5-8-16(9-6-12(3)4)10-7-14-15-13/h11-12H,5-10H2,1-4H3. The molecule has 0 aromatic rings. The Hall–Kier alpha value is -0.730. The topological polar surface area (TPSA) is 52.0 Å². The van der Waals surface area contributed by atoms with Gasteiger partial charge in [0.05, 0.1) is 0 Å². The van der Waals surface area contributed by atoms with Crippen LogP contribution in [0.4, 0.5) is 0 Å². The van der Waals surface area contributed by atoms with E-state index in [0.29, 0.717) is 6.54 Å². The second kappa shape index (κ2) is 9.49. The van der Waals surface area contributed by atoms with Crippen molar-refractivity contribution < 1.29 is 0 Å². The number of hydrogen-bond acceptors (Lipinski definition) is 2. The van der Waals surface area contributed by atoms with E-state index in [1.165, 1.54) is 12.8 Å². The molecule has 0 saturated heterocycles. The molecule has 0 radical (unpaired) electrons. The molecule has 0 atom stereocenters. The van der Waals surface area contributed by atoms with Gasteiger partial charge in [-0.2, -0.15) is 0 Å². The Morgan fingerprint density at radius 1 is 1.00 bits per heavy atom. The second-order valence-electron chi connectivity index (χ2n) is 5.16. The summed E-state index contributed by atoms with van der Waals surface area (Å²) in [5.74, 6) is 1.47. The Bertz CT molecular complexity index is 195. The van der Waals surface area contributed by atoms with E-state index in [9.17, 15) is 0 Å².